The van der Waals surface area contributed by atoms with Crippen molar-refractivity contribution in [2.24, 2.45) is 5.92 Å². The Hall–Kier alpha value is -1.36. The van der Waals surface area contributed by atoms with Crippen LogP contribution < -0.4 is 16.4 Å². The van der Waals surface area contributed by atoms with E-state index >= 15 is 0 Å². The smallest absolute Gasteiger partial charge is 0.319 e. The lowest BCUT2D eigenvalue weighted by Gasteiger charge is -2.12. The minimum atomic E-state index is -0.178. The van der Waals surface area contributed by atoms with Gasteiger partial charge in [0.25, 0.3) is 0 Å². The van der Waals surface area contributed by atoms with Crippen molar-refractivity contribution in [2.75, 3.05) is 29.6 Å². The lowest BCUT2D eigenvalue weighted by Crippen LogP contribution is -2.32. The van der Waals surface area contributed by atoms with Crippen LogP contribution in [0.4, 0.5) is 16.2 Å². The van der Waals surface area contributed by atoms with Crippen molar-refractivity contribution in [2.45, 2.75) is 6.92 Å². The van der Waals surface area contributed by atoms with E-state index in [1.165, 1.54) is 0 Å². The van der Waals surface area contributed by atoms with Crippen LogP contribution in [0.2, 0.25) is 0 Å². The zero-order chi connectivity index (χ0) is 12.7. The predicted octanol–water partition coefficient (Wildman–Crippen LogP) is 2.39. The number of carbonyl (C=O) groups is 1. The fourth-order valence-corrected chi connectivity index (χ4v) is 2.04. The van der Waals surface area contributed by atoms with Gasteiger partial charge in [-0.15, -0.1) is 0 Å². The average Bonchev–Trinajstić information content (AvgIpc) is 2.30. The predicted molar refractivity (Wildman–Crippen MR) is 75.4 cm³/mol. The molecule has 0 bridgehead atoms. The SMILES string of the molecule is CSCC(C)CNC(=O)Nc1ccc(N)cc1. The summed E-state index contributed by atoms with van der Waals surface area (Å²) in [5.74, 6) is 1.52. The van der Waals surface area contributed by atoms with E-state index in [1.807, 2.05) is 0 Å². The molecule has 1 unspecified atom stereocenters. The summed E-state index contributed by atoms with van der Waals surface area (Å²) in [6.07, 6.45) is 2.06. The number of carbonyl (C=O) groups excluding carboxylic acids is 1. The van der Waals surface area contributed by atoms with Crippen molar-refractivity contribution in [3.8, 4) is 0 Å². The Bertz CT molecular complexity index is 353. The first-order valence-corrected chi connectivity index (χ1v) is 6.90. The Kier molecular flexibility index (Phi) is 5.69. The van der Waals surface area contributed by atoms with Crippen LogP contribution in [-0.2, 0) is 0 Å². The molecule has 0 aliphatic heterocycles. The molecule has 2 amide bonds. The van der Waals surface area contributed by atoms with E-state index in [2.05, 4.69) is 23.8 Å². The summed E-state index contributed by atoms with van der Waals surface area (Å²) in [7, 11) is 0. The van der Waals surface area contributed by atoms with E-state index in [9.17, 15) is 4.79 Å². The highest BCUT2D eigenvalue weighted by atomic mass is 32.2. The second-order valence-electron chi connectivity index (χ2n) is 4.02. The van der Waals surface area contributed by atoms with Gasteiger partial charge in [0.15, 0.2) is 0 Å². The molecule has 0 aliphatic carbocycles. The van der Waals surface area contributed by atoms with Crippen LogP contribution in [0.5, 0.6) is 0 Å². The zero-order valence-electron chi connectivity index (χ0n) is 10.2. The topological polar surface area (TPSA) is 67.2 Å². The Morgan fingerprint density at radius 1 is 1.41 bits per heavy atom. The van der Waals surface area contributed by atoms with Crippen molar-refractivity contribution in [1.82, 2.24) is 5.32 Å². The van der Waals surface area contributed by atoms with Crippen molar-refractivity contribution in [1.29, 1.82) is 0 Å². The number of urea groups is 1. The Labute approximate surface area is 106 Å². The van der Waals surface area contributed by atoms with Crippen LogP contribution in [0, 0.1) is 5.92 Å². The summed E-state index contributed by atoms with van der Waals surface area (Å²) in [6.45, 7) is 2.79. The standard InChI is InChI=1S/C12H19N3OS/c1-9(8-17-2)7-14-12(16)15-11-5-3-10(13)4-6-11/h3-6,9H,7-8,13H2,1-2H3,(H2,14,15,16). The molecule has 94 valence electrons. The summed E-state index contributed by atoms with van der Waals surface area (Å²) in [5, 5.41) is 5.59. The minimum Gasteiger partial charge on any atom is -0.399 e. The molecule has 0 radical (unpaired) electrons. The first-order chi connectivity index (χ1) is 8.11. The highest BCUT2D eigenvalue weighted by Gasteiger charge is 2.04. The number of nitrogen functional groups attached to an aromatic ring is 1. The van der Waals surface area contributed by atoms with Gasteiger partial charge in [-0.05, 0) is 42.2 Å². The van der Waals surface area contributed by atoms with Crippen molar-refractivity contribution < 1.29 is 4.79 Å². The summed E-state index contributed by atoms with van der Waals surface area (Å²) >= 11 is 1.78. The van der Waals surface area contributed by atoms with Crippen LogP contribution in [0.1, 0.15) is 6.92 Å². The number of amides is 2. The van der Waals surface area contributed by atoms with E-state index in [4.69, 9.17) is 5.73 Å². The number of thioether (sulfide) groups is 1. The Balaban J connectivity index is 2.32. The van der Waals surface area contributed by atoms with Gasteiger partial charge in [-0.3, -0.25) is 0 Å². The molecule has 0 aromatic heterocycles. The normalized spacial score (nSPS) is 11.9. The van der Waals surface area contributed by atoms with Gasteiger partial charge in [0, 0.05) is 17.9 Å². The maximum absolute atomic E-state index is 11.5. The van der Waals surface area contributed by atoms with Gasteiger partial charge in [0.05, 0.1) is 0 Å². The fourth-order valence-electron chi connectivity index (χ4n) is 1.35. The molecule has 4 nitrogen and oxygen atoms in total. The molecule has 1 aromatic rings. The highest BCUT2D eigenvalue weighted by molar-refractivity contribution is 7.98. The third-order valence-corrected chi connectivity index (χ3v) is 3.13. The first-order valence-electron chi connectivity index (χ1n) is 5.51. The number of rotatable bonds is 5. The number of hydrogen-bond donors (Lipinski definition) is 3. The van der Waals surface area contributed by atoms with Crippen molar-refractivity contribution >= 4 is 29.2 Å². The van der Waals surface area contributed by atoms with Gasteiger partial charge < -0.3 is 16.4 Å². The van der Waals surface area contributed by atoms with Gasteiger partial charge in [-0.1, -0.05) is 6.92 Å². The van der Waals surface area contributed by atoms with E-state index in [-0.39, 0.29) is 6.03 Å². The molecule has 17 heavy (non-hydrogen) atoms. The van der Waals surface area contributed by atoms with E-state index in [1.54, 1.807) is 36.0 Å². The second kappa shape index (κ2) is 7.06. The number of hydrogen-bond acceptors (Lipinski definition) is 3. The maximum Gasteiger partial charge on any atom is 0.319 e. The van der Waals surface area contributed by atoms with Gasteiger partial charge in [-0.25, -0.2) is 4.79 Å². The molecule has 0 saturated heterocycles. The largest absolute Gasteiger partial charge is 0.399 e. The molecule has 0 aliphatic rings. The molecule has 5 heteroatoms. The molecule has 4 N–H and O–H groups in total. The number of benzene rings is 1. The molecule has 0 fully saturated rings. The number of nitrogens with one attached hydrogen (secondary N) is 2. The minimum absolute atomic E-state index is 0.178. The lowest BCUT2D eigenvalue weighted by molar-refractivity contribution is 0.251. The molecular weight excluding hydrogens is 234 g/mol. The molecule has 1 atom stereocenters. The van der Waals surface area contributed by atoms with E-state index in [0.717, 1.165) is 11.4 Å². The monoisotopic (exact) mass is 253 g/mol. The van der Waals surface area contributed by atoms with Gasteiger partial charge in [0.2, 0.25) is 0 Å². The highest BCUT2D eigenvalue weighted by Crippen LogP contribution is 2.10. The fraction of sp³-hybridized carbons (Fsp3) is 0.417. The van der Waals surface area contributed by atoms with Crippen molar-refractivity contribution in [3.05, 3.63) is 24.3 Å². The average molecular weight is 253 g/mol. The van der Waals surface area contributed by atoms with E-state index in [0.29, 0.717) is 18.2 Å². The maximum atomic E-state index is 11.5. The summed E-state index contributed by atoms with van der Waals surface area (Å²) in [4.78, 5) is 11.5. The van der Waals surface area contributed by atoms with Gasteiger partial charge >= 0.3 is 6.03 Å². The first kappa shape index (κ1) is 13.7. The molecule has 1 aromatic carbocycles. The number of anilines is 2. The van der Waals surface area contributed by atoms with Crippen LogP contribution in [0.25, 0.3) is 0 Å². The molecule has 0 saturated carbocycles. The zero-order valence-corrected chi connectivity index (χ0v) is 11.0. The van der Waals surface area contributed by atoms with Crippen LogP contribution in [-0.4, -0.2) is 24.6 Å². The second-order valence-corrected chi connectivity index (χ2v) is 4.93. The quantitative estimate of drug-likeness (QED) is 0.706. The summed E-state index contributed by atoms with van der Waals surface area (Å²) in [6, 6.07) is 6.89. The van der Waals surface area contributed by atoms with Gasteiger partial charge in [0.1, 0.15) is 0 Å². The third kappa shape index (κ3) is 5.49. The van der Waals surface area contributed by atoms with Crippen LogP contribution >= 0.6 is 11.8 Å². The summed E-state index contributed by atoms with van der Waals surface area (Å²) in [5.41, 5.74) is 6.99. The van der Waals surface area contributed by atoms with Crippen molar-refractivity contribution in [3.63, 3.8) is 0 Å². The van der Waals surface area contributed by atoms with Crippen LogP contribution in [0.15, 0.2) is 24.3 Å². The molecule has 0 heterocycles. The van der Waals surface area contributed by atoms with E-state index < -0.39 is 0 Å². The summed E-state index contributed by atoms with van der Waals surface area (Å²) < 4.78 is 0. The Morgan fingerprint density at radius 3 is 2.65 bits per heavy atom. The lowest BCUT2D eigenvalue weighted by atomic mass is 10.2. The Morgan fingerprint density at radius 2 is 2.06 bits per heavy atom. The van der Waals surface area contributed by atoms with Crippen LogP contribution in [0.3, 0.4) is 0 Å². The third-order valence-electron chi connectivity index (χ3n) is 2.23. The molecule has 0 spiro atoms. The van der Waals surface area contributed by atoms with Gasteiger partial charge in [-0.2, -0.15) is 11.8 Å². The molecule has 1 rings (SSSR count). The number of nitrogens with two attached hydrogens (primary N) is 1. The molecular formula is C12H19N3OS.